The van der Waals surface area contributed by atoms with Crippen LogP contribution in [-0.2, 0) is 39.5 Å². The number of ether oxygens (including phenoxy) is 3. The Labute approximate surface area is 192 Å². The van der Waals surface area contributed by atoms with Gasteiger partial charge in [0.05, 0.1) is 29.0 Å². The van der Waals surface area contributed by atoms with Gasteiger partial charge in [0, 0.05) is 34.6 Å². The van der Waals surface area contributed by atoms with Crippen LogP contribution >= 0.6 is 0 Å². The van der Waals surface area contributed by atoms with Crippen LogP contribution in [0.3, 0.4) is 0 Å². The fraction of sp³-hybridized carbons (Fsp3) is 0.333. The van der Waals surface area contributed by atoms with Crippen LogP contribution in [0.5, 0.6) is 11.5 Å². The van der Waals surface area contributed by atoms with Crippen molar-refractivity contribution in [2.45, 2.75) is 44.9 Å². The van der Waals surface area contributed by atoms with E-state index >= 15 is 0 Å². The van der Waals surface area contributed by atoms with Crippen molar-refractivity contribution in [2.75, 3.05) is 6.79 Å². The summed E-state index contributed by atoms with van der Waals surface area (Å²) in [5.41, 5.74) is 7.03. The van der Waals surface area contributed by atoms with Gasteiger partial charge in [-0.15, -0.1) is 0 Å². The zero-order chi connectivity index (χ0) is 23.8. The third-order valence-electron chi connectivity index (χ3n) is 6.87. The van der Waals surface area contributed by atoms with Gasteiger partial charge in [-0.1, -0.05) is 6.92 Å². The topological polar surface area (TPSA) is 143 Å². The lowest BCUT2D eigenvalue weighted by atomic mass is 9.86. The maximum Gasteiger partial charge on any atom is 0.343 e. The van der Waals surface area contributed by atoms with Gasteiger partial charge in [-0.25, -0.2) is 9.78 Å². The normalized spacial score (nSPS) is 19.5. The van der Waals surface area contributed by atoms with Gasteiger partial charge in [0.2, 0.25) is 12.7 Å². The zero-order valence-corrected chi connectivity index (χ0v) is 18.3. The van der Waals surface area contributed by atoms with Crippen LogP contribution in [0.4, 0.5) is 0 Å². The standard InChI is InChI=1S/C24H21N3O7/c1-2-24(31)15-6-17-20-11(8-27(17)22(29)14(15)9-32-23(24)30)5-13-12(3-4-19(25)28)21-18(33-10-34-21)7-16(13)26-20/h5-7,31H,2-4,8-10H2,1H3,(H2,25,28). The summed E-state index contributed by atoms with van der Waals surface area (Å²) >= 11 is 0. The first-order chi connectivity index (χ1) is 16.3. The molecule has 5 heterocycles. The molecule has 0 saturated carbocycles. The summed E-state index contributed by atoms with van der Waals surface area (Å²) in [7, 11) is 0. The van der Waals surface area contributed by atoms with Crippen LogP contribution in [0.25, 0.3) is 22.3 Å². The summed E-state index contributed by atoms with van der Waals surface area (Å²) in [6, 6.07) is 5.38. The molecule has 0 spiro atoms. The molecule has 1 unspecified atom stereocenters. The van der Waals surface area contributed by atoms with Crippen molar-refractivity contribution in [3.8, 4) is 22.9 Å². The molecule has 3 aromatic rings. The molecule has 10 heteroatoms. The Hall–Kier alpha value is -3.92. The Morgan fingerprint density at radius 1 is 1.24 bits per heavy atom. The molecule has 3 N–H and O–H groups in total. The molecule has 0 bridgehead atoms. The Morgan fingerprint density at radius 3 is 2.82 bits per heavy atom. The minimum atomic E-state index is -1.88. The fourth-order valence-corrected chi connectivity index (χ4v) is 5.06. The lowest BCUT2D eigenvalue weighted by Gasteiger charge is -2.31. The first kappa shape index (κ1) is 20.7. The molecule has 2 aromatic heterocycles. The summed E-state index contributed by atoms with van der Waals surface area (Å²) in [6.07, 6.45) is 0.581. The second-order valence-electron chi connectivity index (χ2n) is 8.72. The van der Waals surface area contributed by atoms with E-state index < -0.39 is 17.5 Å². The molecule has 174 valence electrons. The molecule has 1 amide bonds. The van der Waals surface area contributed by atoms with E-state index in [0.29, 0.717) is 34.8 Å². The van der Waals surface area contributed by atoms with Crippen LogP contribution in [0.15, 0.2) is 23.0 Å². The number of amides is 1. The van der Waals surface area contributed by atoms with Crippen LogP contribution in [-0.4, -0.2) is 33.3 Å². The number of carbonyl (C=O) groups is 2. The molecule has 0 radical (unpaired) electrons. The largest absolute Gasteiger partial charge is 0.458 e. The predicted molar refractivity (Wildman–Crippen MR) is 118 cm³/mol. The summed E-state index contributed by atoms with van der Waals surface area (Å²) < 4.78 is 17.9. The predicted octanol–water partition coefficient (Wildman–Crippen LogP) is 1.23. The smallest absolute Gasteiger partial charge is 0.343 e. The summed E-state index contributed by atoms with van der Waals surface area (Å²) in [6.45, 7) is 1.84. The van der Waals surface area contributed by atoms with Gasteiger partial charge in [0.15, 0.2) is 17.1 Å². The highest BCUT2D eigenvalue weighted by molar-refractivity contribution is 5.91. The van der Waals surface area contributed by atoms with E-state index in [1.807, 2.05) is 6.07 Å². The number of aromatic nitrogens is 2. The molecule has 3 aliphatic rings. The van der Waals surface area contributed by atoms with E-state index in [0.717, 1.165) is 16.5 Å². The Balaban J connectivity index is 1.57. The van der Waals surface area contributed by atoms with E-state index in [-0.39, 0.29) is 49.5 Å². The van der Waals surface area contributed by atoms with E-state index in [1.165, 1.54) is 0 Å². The maximum atomic E-state index is 13.3. The minimum absolute atomic E-state index is 0.0744. The monoisotopic (exact) mass is 463 g/mol. The van der Waals surface area contributed by atoms with Gasteiger partial charge in [0.25, 0.3) is 5.56 Å². The molecule has 0 saturated heterocycles. The number of hydrogen-bond donors (Lipinski definition) is 2. The summed E-state index contributed by atoms with van der Waals surface area (Å²) in [5, 5.41) is 11.8. The Kier molecular flexibility index (Phi) is 4.28. The molecule has 1 atom stereocenters. The van der Waals surface area contributed by atoms with Crippen LogP contribution < -0.4 is 20.8 Å². The minimum Gasteiger partial charge on any atom is -0.458 e. The highest BCUT2D eigenvalue weighted by Crippen LogP contribution is 2.44. The first-order valence-electron chi connectivity index (χ1n) is 11.0. The molecule has 6 rings (SSSR count). The van der Waals surface area contributed by atoms with Gasteiger partial charge in [-0.2, -0.15) is 0 Å². The number of primary amides is 1. The van der Waals surface area contributed by atoms with Gasteiger partial charge in [-0.3, -0.25) is 9.59 Å². The van der Waals surface area contributed by atoms with Gasteiger partial charge in [-0.05, 0) is 25.0 Å². The van der Waals surface area contributed by atoms with E-state index in [9.17, 15) is 19.5 Å². The molecule has 10 nitrogen and oxygen atoms in total. The van der Waals surface area contributed by atoms with Gasteiger partial charge in [0.1, 0.15) is 6.61 Å². The van der Waals surface area contributed by atoms with Gasteiger partial charge < -0.3 is 29.6 Å². The third-order valence-corrected chi connectivity index (χ3v) is 6.87. The number of carbonyl (C=O) groups excluding carboxylic acids is 2. The van der Waals surface area contributed by atoms with Crippen LogP contribution in [0.2, 0.25) is 0 Å². The highest BCUT2D eigenvalue weighted by Gasteiger charge is 2.45. The number of hydrogen-bond acceptors (Lipinski definition) is 8. The molecule has 3 aliphatic heterocycles. The second-order valence-corrected chi connectivity index (χ2v) is 8.72. The van der Waals surface area contributed by atoms with Crippen molar-refractivity contribution in [3.63, 3.8) is 0 Å². The highest BCUT2D eigenvalue weighted by atomic mass is 16.7. The number of aliphatic hydroxyl groups is 1. The summed E-state index contributed by atoms with van der Waals surface area (Å²) in [4.78, 5) is 42.0. The van der Waals surface area contributed by atoms with Crippen molar-refractivity contribution >= 4 is 22.8 Å². The van der Waals surface area contributed by atoms with E-state index in [2.05, 4.69) is 0 Å². The number of cyclic esters (lactones) is 1. The number of nitrogens with two attached hydrogens (primary N) is 1. The van der Waals surface area contributed by atoms with Crippen molar-refractivity contribution in [1.29, 1.82) is 0 Å². The molecule has 34 heavy (non-hydrogen) atoms. The molecular weight excluding hydrogens is 442 g/mol. The number of esters is 1. The van der Waals surface area contributed by atoms with Gasteiger partial charge >= 0.3 is 5.97 Å². The lowest BCUT2D eigenvalue weighted by Crippen LogP contribution is -2.44. The quantitative estimate of drug-likeness (QED) is 0.430. The fourth-order valence-electron chi connectivity index (χ4n) is 5.06. The Morgan fingerprint density at radius 2 is 2.06 bits per heavy atom. The SMILES string of the molecule is CCC1(O)C(=O)OCc2c1cc1n(c2=O)Cc2cc3c(CCC(N)=O)c4c(cc3nc2-1)OCO4. The number of pyridine rings is 2. The molecular formula is C24H21N3O7. The number of fused-ring (bicyclic) bond motifs is 6. The number of aryl methyl sites for hydroxylation is 1. The van der Waals surface area contributed by atoms with E-state index in [1.54, 1.807) is 23.6 Å². The summed E-state index contributed by atoms with van der Waals surface area (Å²) in [5.74, 6) is -0.0856. The van der Waals surface area contributed by atoms with Crippen LogP contribution in [0.1, 0.15) is 42.0 Å². The second kappa shape index (κ2) is 7.04. The number of benzene rings is 1. The van der Waals surface area contributed by atoms with Crippen molar-refractivity contribution in [1.82, 2.24) is 9.55 Å². The molecule has 0 aliphatic carbocycles. The van der Waals surface area contributed by atoms with Crippen molar-refractivity contribution in [3.05, 3.63) is 50.8 Å². The third kappa shape index (κ3) is 2.72. The average molecular weight is 463 g/mol. The molecule has 0 fully saturated rings. The number of nitrogens with zero attached hydrogens (tertiary/aromatic N) is 2. The van der Waals surface area contributed by atoms with E-state index in [4.69, 9.17) is 24.9 Å². The maximum absolute atomic E-state index is 13.3. The van der Waals surface area contributed by atoms with Crippen molar-refractivity contribution in [2.24, 2.45) is 5.73 Å². The first-order valence-corrected chi connectivity index (χ1v) is 11.0. The average Bonchev–Trinajstić information content (AvgIpc) is 3.42. The lowest BCUT2D eigenvalue weighted by molar-refractivity contribution is -0.172. The Bertz CT molecular complexity index is 1490. The molecule has 1 aromatic carbocycles. The number of rotatable bonds is 4. The van der Waals surface area contributed by atoms with Crippen molar-refractivity contribution < 1.29 is 28.9 Å². The van der Waals surface area contributed by atoms with Crippen LogP contribution in [0, 0.1) is 0 Å². The zero-order valence-electron chi connectivity index (χ0n) is 18.3.